The Bertz CT molecular complexity index is 268. The number of halogens is 2. The molecule has 0 heterocycles. The second-order valence-electron chi connectivity index (χ2n) is 3.74. The van der Waals surface area contributed by atoms with Crippen LogP contribution in [-0.4, -0.2) is 12.2 Å². The first-order valence-corrected chi connectivity index (χ1v) is 5.30. The van der Waals surface area contributed by atoms with Gasteiger partial charge < -0.3 is 4.74 Å². The zero-order chi connectivity index (χ0) is 10.7. The third kappa shape index (κ3) is 2.82. The SMILES string of the molecule is CC(C)O[C@H](C)C1=C(F)CCC=C1Cl. The lowest BCUT2D eigenvalue weighted by atomic mass is 10.0. The summed E-state index contributed by atoms with van der Waals surface area (Å²) in [5, 5.41) is 0.502. The van der Waals surface area contributed by atoms with Gasteiger partial charge in [-0.15, -0.1) is 0 Å². The van der Waals surface area contributed by atoms with Gasteiger partial charge in [-0.25, -0.2) is 4.39 Å². The van der Waals surface area contributed by atoms with Gasteiger partial charge in [-0.2, -0.15) is 0 Å². The predicted octanol–water partition coefficient (Wildman–Crippen LogP) is 3.94. The molecule has 1 atom stereocenters. The van der Waals surface area contributed by atoms with Gasteiger partial charge in [0, 0.05) is 17.0 Å². The van der Waals surface area contributed by atoms with Gasteiger partial charge in [-0.05, 0) is 27.2 Å². The van der Waals surface area contributed by atoms with Gasteiger partial charge in [0.15, 0.2) is 0 Å². The molecule has 0 amide bonds. The fourth-order valence-electron chi connectivity index (χ4n) is 1.59. The van der Waals surface area contributed by atoms with E-state index < -0.39 is 0 Å². The number of hydrogen-bond acceptors (Lipinski definition) is 1. The van der Waals surface area contributed by atoms with E-state index in [0.717, 1.165) is 0 Å². The fourth-order valence-corrected chi connectivity index (χ4v) is 1.96. The van der Waals surface area contributed by atoms with Gasteiger partial charge in [-0.1, -0.05) is 17.7 Å². The highest BCUT2D eigenvalue weighted by atomic mass is 35.5. The van der Waals surface area contributed by atoms with Crippen molar-refractivity contribution in [1.29, 1.82) is 0 Å². The highest BCUT2D eigenvalue weighted by molar-refractivity contribution is 6.32. The van der Waals surface area contributed by atoms with Crippen molar-refractivity contribution in [3.05, 3.63) is 22.5 Å². The summed E-state index contributed by atoms with van der Waals surface area (Å²) in [4.78, 5) is 0. The second-order valence-corrected chi connectivity index (χ2v) is 4.14. The topological polar surface area (TPSA) is 9.23 Å². The van der Waals surface area contributed by atoms with Crippen LogP contribution in [0.25, 0.3) is 0 Å². The summed E-state index contributed by atoms with van der Waals surface area (Å²) in [7, 11) is 0. The molecule has 1 aliphatic rings. The van der Waals surface area contributed by atoms with Crippen molar-refractivity contribution >= 4 is 11.6 Å². The molecule has 0 radical (unpaired) electrons. The Morgan fingerprint density at radius 3 is 2.57 bits per heavy atom. The standard InChI is InChI=1S/C11H16ClFO/c1-7(2)14-8(3)11-9(12)5-4-6-10(11)13/h5,7-8H,4,6H2,1-3H3/t8-/m1/s1. The molecule has 0 saturated carbocycles. The van der Waals surface area contributed by atoms with Crippen LogP contribution in [0.3, 0.4) is 0 Å². The quantitative estimate of drug-likeness (QED) is 0.697. The lowest BCUT2D eigenvalue weighted by Gasteiger charge is -2.22. The van der Waals surface area contributed by atoms with Crippen LogP contribution in [0.1, 0.15) is 33.6 Å². The molecule has 0 N–H and O–H groups in total. The van der Waals surface area contributed by atoms with Crippen molar-refractivity contribution < 1.29 is 9.13 Å². The van der Waals surface area contributed by atoms with Gasteiger partial charge in [-0.3, -0.25) is 0 Å². The maximum Gasteiger partial charge on any atom is 0.107 e. The maximum absolute atomic E-state index is 13.5. The highest BCUT2D eigenvalue weighted by Gasteiger charge is 2.21. The molecule has 1 aliphatic carbocycles. The Balaban J connectivity index is 2.78. The minimum absolute atomic E-state index is 0.0803. The van der Waals surface area contributed by atoms with E-state index in [1.807, 2.05) is 26.8 Å². The molecule has 0 spiro atoms. The Hall–Kier alpha value is -0.340. The predicted molar refractivity (Wildman–Crippen MR) is 57.0 cm³/mol. The molecule has 1 rings (SSSR count). The largest absolute Gasteiger partial charge is 0.371 e. The third-order valence-corrected chi connectivity index (χ3v) is 2.48. The smallest absolute Gasteiger partial charge is 0.107 e. The number of allylic oxidation sites excluding steroid dienone is 2. The van der Waals surface area contributed by atoms with Gasteiger partial charge >= 0.3 is 0 Å². The summed E-state index contributed by atoms with van der Waals surface area (Å²) in [6, 6.07) is 0. The maximum atomic E-state index is 13.5. The van der Waals surface area contributed by atoms with Crippen LogP contribution in [0.2, 0.25) is 0 Å². The molecule has 0 saturated heterocycles. The van der Waals surface area contributed by atoms with Crippen LogP contribution in [0.5, 0.6) is 0 Å². The Morgan fingerprint density at radius 2 is 2.07 bits per heavy atom. The zero-order valence-corrected chi connectivity index (χ0v) is 9.57. The summed E-state index contributed by atoms with van der Waals surface area (Å²) in [6.07, 6.45) is 2.79. The molecule has 0 aromatic rings. The Labute approximate surface area is 89.6 Å². The van der Waals surface area contributed by atoms with Crippen LogP contribution in [0.4, 0.5) is 4.39 Å². The average molecular weight is 219 g/mol. The average Bonchev–Trinajstić information content (AvgIpc) is 2.01. The van der Waals surface area contributed by atoms with Gasteiger partial charge in [0.2, 0.25) is 0 Å². The van der Waals surface area contributed by atoms with Crippen LogP contribution >= 0.6 is 11.6 Å². The van der Waals surface area contributed by atoms with Crippen molar-refractivity contribution in [2.24, 2.45) is 0 Å². The van der Waals surface area contributed by atoms with Crippen molar-refractivity contribution in [3.8, 4) is 0 Å². The highest BCUT2D eigenvalue weighted by Crippen LogP contribution is 2.32. The molecule has 0 aromatic carbocycles. The first-order chi connectivity index (χ1) is 6.52. The van der Waals surface area contributed by atoms with E-state index in [-0.39, 0.29) is 18.0 Å². The minimum Gasteiger partial charge on any atom is -0.371 e. The summed E-state index contributed by atoms with van der Waals surface area (Å²) in [5.41, 5.74) is 0.520. The number of hydrogen-bond donors (Lipinski definition) is 0. The van der Waals surface area contributed by atoms with Crippen molar-refractivity contribution in [1.82, 2.24) is 0 Å². The molecule has 3 heteroatoms. The second kappa shape index (κ2) is 4.94. The molecule has 0 unspecified atom stereocenters. The normalized spacial score (nSPS) is 20.0. The fraction of sp³-hybridized carbons (Fsp3) is 0.636. The lowest BCUT2D eigenvalue weighted by molar-refractivity contribution is 0.0395. The zero-order valence-electron chi connectivity index (χ0n) is 8.81. The number of ether oxygens (including phenoxy) is 1. The van der Waals surface area contributed by atoms with Gasteiger partial charge in [0.1, 0.15) is 5.83 Å². The van der Waals surface area contributed by atoms with Gasteiger partial charge in [0.25, 0.3) is 0 Å². The monoisotopic (exact) mass is 218 g/mol. The Kier molecular flexibility index (Phi) is 4.14. The molecule has 80 valence electrons. The summed E-state index contributed by atoms with van der Waals surface area (Å²) in [6.45, 7) is 5.68. The van der Waals surface area contributed by atoms with Crippen LogP contribution < -0.4 is 0 Å². The molecular weight excluding hydrogens is 203 g/mol. The van der Waals surface area contributed by atoms with Crippen molar-refractivity contribution in [3.63, 3.8) is 0 Å². The molecule has 14 heavy (non-hydrogen) atoms. The molecule has 0 bridgehead atoms. The Morgan fingerprint density at radius 1 is 1.43 bits per heavy atom. The van der Waals surface area contributed by atoms with E-state index in [1.165, 1.54) is 0 Å². The van der Waals surface area contributed by atoms with Crippen molar-refractivity contribution in [2.75, 3.05) is 0 Å². The number of rotatable bonds is 3. The third-order valence-electron chi connectivity index (χ3n) is 2.12. The van der Waals surface area contributed by atoms with E-state index in [4.69, 9.17) is 16.3 Å². The molecule has 0 aromatic heterocycles. The van der Waals surface area contributed by atoms with Crippen molar-refractivity contribution in [2.45, 2.75) is 45.8 Å². The lowest BCUT2D eigenvalue weighted by Crippen LogP contribution is -2.19. The van der Waals surface area contributed by atoms with Gasteiger partial charge in [0.05, 0.1) is 12.2 Å². The summed E-state index contributed by atoms with van der Waals surface area (Å²) >= 11 is 5.94. The van der Waals surface area contributed by atoms with E-state index >= 15 is 0 Å². The van der Waals surface area contributed by atoms with E-state index in [1.54, 1.807) is 0 Å². The first kappa shape index (κ1) is 11.7. The minimum atomic E-state index is -0.265. The van der Waals surface area contributed by atoms with Crippen LogP contribution in [0.15, 0.2) is 22.5 Å². The van der Waals surface area contributed by atoms with Crippen LogP contribution in [0, 0.1) is 0 Å². The summed E-state index contributed by atoms with van der Waals surface area (Å²) < 4.78 is 19.0. The molecule has 1 nitrogen and oxygen atoms in total. The van der Waals surface area contributed by atoms with E-state index in [2.05, 4.69) is 0 Å². The van der Waals surface area contributed by atoms with E-state index in [9.17, 15) is 4.39 Å². The molecule has 0 fully saturated rings. The molecule has 0 aliphatic heterocycles. The van der Waals surface area contributed by atoms with E-state index in [0.29, 0.717) is 23.4 Å². The van der Waals surface area contributed by atoms with Crippen LogP contribution in [-0.2, 0) is 4.74 Å². The summed E-state index contributed by atoms with van der Waals surface area (Å²) in [5.74, 6) is -0.134. The molecular formula is C11H16ClFO. The first-order valence-electron chi connectivity index (χ1n) is 4.92.